The van der Waals surface area contributed by atoms with E-state index in [4.69, 9.17) is 5.73 Å². The molecule has 1 rings (SSSR count). The van der Waals surface area contributed by atoms with Crippen LogP contribution in [0.3, 0.4) is 0 Å². The van der Waals surface area contributed by atoms with E-state index in [2.05, 4.69) is 11.6 Å². The second-order valence-corrected chi connectivity index (χ2v) is 3.79. The number of allylic oxidation sites excluding steroid dienone is 1. The van der Waals surface area contributed by atoms with E-state index in [0.29, 0.717) is 17.8 Å². The second kappa shape index (κ2) is 6.77. The highest BCUT2D eigenvalue weighted by Crippen LogP contribution is 2.09. The molecule has 0 fully saturated rings. The number of carbonyl (C=O) groups is 1. The monoisotopic (exact) mass is 218 g/mol. The number of rotatable bonds is 7. The maximum absolute atomic E-state index is 11.7. The average molecular weight is 218 g/mol. The van der Waals surface area contributed by atoms with Crippen molar-refractivity contribution in [1.29, 1.82) is 0 Å². The molecule has 0 saturated heterocycles. The van der Waals surface area contributed by atoms with Crippen LogP contribution >= 0.6 is 0 Å². The van der Waals surface area contributed by atoms with Crippen molar-refractivity contribution in [3.8, 4) is 0 Å². The van der Waals surface area contributed by atoms with Gasteiger partial charge in [-0.2, -0.15) is 0 Å². The first-order valence-corrected chi connectivity index (χ1v) is 5.59. The molecule has 0 aliphatic heterocycles. The fourth-order valence-corrected chi connectivity index (χ4v) is 1.45. The number of nitrogens with zero attached hydrogens (tertiary/aromatic N) is 1. The van der Waals surface area contributed by atoms with Crippen molar-refractivity contribution in [1.82, 2.24) is 4.98 Å². The number of nitrogen functional groups attached to an aromatic ring is 1. The topological polar surface area (TPSA) is 56.0 Å². The predicted octanol–water partition coefficient (Wildman–Crippen LogP) is 2.98. The first-order chi connectivity index (χ1) is 7.74. The molecule has 86 valence electrons. The number of unbranched alkanes of at least 4 members (excludes halogenated alkanes) is 3. The molecule has 0 spiro atoms. The average Bonchev–Trinajstić information content (AvgIpc) is 2.29. The largest absolute Gasteiger partial charge is 0.397 e. The fraction of sp³-hybridized carbons (Fsp3) is 0.385. The molecule has 1 heterocycles. The van der Waals surface area contributed by atoms with Gasteiger partial charge in [0.05, 0.1) is 11.9 Å². The SMILES string of the molecule is C=CCCCCCC(=O)c1ccc(N)cn1. The molecule has 0 bridgehead atoms. The van der Waals surface area contributed by atoms with Crippen molar-refractivity contribution in [2.75, 3.05) is 5.73 Å². The minimum Gasteiger partial charge on any atom is -0.397 e. The summed E-state index contributed by atoms with van der Waals surface area (Å²) in [4.78, 5) is 15.7. The zero-order valence-electron chi connectivity index (χ0n) is 9.48. The Morgan fingerprint density at radius 1 is 1.38 bits per heavy atom. The highest BCUT2D eigenvalue weighted by atomic mass is 16.1. The van der Waals surface area contributed by atoms with Crippen LogP contribution in [0.2, 0.25) is 0 Å². The van der Waals surface area contributed by atoms with Gasteiger partial charge >= 0.3 is 0 Å². The van der Waals surface area contributed by atoms with Crippen molar-refractivity contribution >= 4 is 11.5 Å². The Balaban J connectivity index is 2.29. The Labute approximate surface area is 96.4 Å². The molecule has 0 aliphatic rings. The van der Waals surface area contributed by atoms with E-state index < -0.39 is 0 Å². The van der Waals surface area contributed by atoms with E-state index >= 15 is 0 Å². The van der Waals surface area contributed by atoms with Gasteiger partial charge in [-0.3, -0.25) is 9.78 Å². The molecule has 1 aromatic heterocycles. The lowest BCUT2D eigenvalue weighted by atomic mass is 10.1. The van der Waals surface area contributed by atoms with Gasteiger partial charge in [0.2, 0.25) is 0 Å². The third-order valence-corrected chi connectivity index (χ3v) is 2.38. The van der Waals surface area contributed by atoms with Crippen LogP contribution < -0.4 is 5.73 Å². The Morgan fingerprint density at radius 3 is 2.81 bits per heavy atom. The summed E-state index contributed by atoms with van der Waals surface area (Å²) in [6.07, 6.45) is 8.09. The lowest BCUT2D eigenvalue weighted by Crippen LogP contribution is -2.02. The molecule has 16 heavy (non-hydrogen) atoms. The van der Waals surface area contributed by atoms with E-state index in [1.165, 1.54) is 6.20 Å². The van der Waals surface area contributed by atoms with Gasteiger partial charge in [-0.25, -0.2) is 0 Å². The summed E-state index contributed by atoms with van der Waals surface area (Å²) < 4.78 is 0. The molecular formula is C13H18N2O. The van der Waals surface area contributed by atoms with Crippen LogP contribution in [0.15, 0.2) is 31.0 Å². The van der Waals surface area contributed by atoms with Crippen LogP contribution in [0.4, 0.5) is 5.69 Å². The van der Waals surface area contributed by atoms with Gasteiger partial charge in [0.25, 0.3) is 0 Å². The van der Waals surface area contributed by atoms with Crippen molar-refractivity contribution in [3.05, 3.63) is 36.7 Å². The van der Waals surface area contributed by atoms with Gasteiger partial charge in [0.1, 0.15) is 5.69 Å². The molecule has 0 amide bonds. The first-order valence-electron chi connectivity index (χ1n) is 5.59. The molecule has 2 N–H and O–H groups in total. The summed E-state index contributed by atoms with van der Waals surface area (Å²) in [5.41, 5.74) is 6.60. The number of hydrogen-bond acceptors (Lipinski definition) is 3. The van der Waals surface area contributed by atoms with Gasteiger partial charge in [0, 0.05) is 6.42 Å². The molecule has 0 atom stereocenters. The Bertz CT molecular complexity index is 343. The maximum Gasteiger partial charge on any atom is 0.181 e. The van der Waals surface area contributed by atoms with E-state index in [0.717, 1.165) is 25.7 Å². The standard InChI is InChI=1S/C13H18N2O/c1-2-3-4-5-6-7-13(16)12-9-8-11(14)10-15-12/h2,8-10H,1,3-7,14H2. The molecule has 0 saturated carbocycles. The van der Waals surface area contributed by atoms with Gasteiger partial charge in [-0.1, -0.05) is 12.5 Å². The summed E-state index contributed by atoms with van der Waals surface area (Å²) in [6, 6.07) is 3.39. The fourth-order valence-electron chi connectivity index (χ4n) is 1.45. The maximum atomic E-state index is 11.7. The zero-order chi connectivity index (χ0) is 11.8. The van der Waals surface area contributed by atoms with Gasteiger partial charge in [-0.15, -0.1) is 6.58 Å². The van der Waals surface area contributed by atoms with E-state index in [1.807, 2.05) is 6.08 Å². The van der Waals surface area contributed by atoms with Crippen molar-refractivity contribution in [2.24, 2.45) is 0 Å². The minimum atomic E-state index is 0.0959. The smallest absolute Gasteiger partial charge is 0.181 e. The first kappa shape index (κ1) is 12.4. The van der Waals surface area contributed by atoms with Crippen LogP contribution in [0, 0.1) is 0 Å². The third kappa shape index (κ3) is 4.26. The molecule has 0 unspecified atom stereocenters. The number of pyridine rings is 1. The Hall–Kier alpha value is -1.64. The number of Topliss-reactive ketones (excluding diaryl/α,β-unsaturated/α-hetero) is 1. The van der Waals surface area contributed by atoms with Crippen LogP contribution in [-0.4, -0.2) is 10.8 Å². The molecule has 0 radical (unpaired) electrons. The number of aromatic nitrogens is 1. The van der Waals surface area contributed by atoms with Crippen molar-refractivity contribution in [3.63, 3.8) is 0 Å². The normalized spacial score (nSPS) is 10.0. The third-order valence-electron chi connectivity index (χ3n) is 2.38. The summed E-state index contributed by atoms with van der Waals surface area (Å²) in [7, 11) is 0. The molecule has 0 aliphatic carbocycles. The lowest BCUT2D eigenvalue weighted by Gasteiger charge is -2.00. The number of nitrogens with two attached hydrogens (primary N) is 1. The van der Waals surface area contributed by atoms with Crippen LogP contribution in [0.1, 0.15) is 42.6 Å². The van der Waals surface area contributed by atoms with E-state index in [-0.39, 0.29) is 5.78 Å². The quantitative estimate of drug-likeness (QED) is 0.435. The Morgan fingerprint density at radius 2 is 2.19 bits per heavy atom. The second-order valence-electron chi connectivity index (χ2n) is 3.79. The van der Waals surface area contributed by atoms with E-state index in [1.54, 1.807) is 12.1 Å². The van der Waals surface area contributed by atoms with Crippen LogP contribution in [0.25, 0.3) is 0 Å². The number of hydrogen-bond donors (Lipinski definition) is 1. The van der Waals surface area contributed by atoms with Gasteiger partial charge in [0.15, 0.2) is 5.78 Å². The van der Waals surface area contributed by atoms with Crippen LogP contribution in [0.5, 0.6) is 0 Å². The number of carbonyl (C=O) groups excluding carboxylic acids is 1. The molecule has 3 heteroatoms. The number of anilines is 1. The van der Waals surface area contributed by atoms with Crippen LogP contribution in [-0.2, 0) is 0 Å². The molecule has 1 aromatic rings. The van der Waals surface area contributed by atoms with E-state index in [9.17, 15) is 4.79 Å². The summed E-state index contributed by atoms with van der Waals surface area (Å²) in [5.74, 6) is 0.0959. The highest BCUT2D eigenvalue weighted by Gasteiger charge is 2.06. The summed E-state index contributed by atoms with van der Waals surface area (Å²) >= 11 is 0. The molecule has 0 aromatic carbocycles. The van der Waals surface area contributed by atoms with Gasteiger partial charge < -0.3 is 5.73 Å². The van der Waals surface area contributed by atoms with Crippen molar-refractivity contribution in [2.45, 2.75) is 32.1 Å². The van der Waals surface area contributed by atoms with Crippen molar-refractivity contribution < 1.29 is 4.79 Å². The summed E-state index contributed by atoms with van der Waals surface area (Å²) in [5, 5.41) is 0. The molecular weight excluding hydrogens is 200 g/mol. The highest BCUT2D eigenvalue weighted by molar-refractivity contribution is 5.94. The minimum absolute atomic E-state index is 0.0959. The van der Waals surface area contributed by atoms with Gasteiger partial charge in [-0.05, 0) is 31.4 Å². The Kier molecular flexibility index (Phi) is 5.26. The predicted molar refractivity (Wildman–Crippen MR) is 66.3 cm³/mol. The lowest BCUT2D eigenvalue weighted by molar-refractivity contribution is 0.0974. The molecule has 3 nitrogen and oxygen atoms in total. The number of ketones is 1. The zero-order valence-corrected chi connectivity index (χ0v) is 9.48. The summed E-state index contributed by atoms with van der Waals surface area (Å²) in [6.45, 7) is 3.66.